The summed E-state index contributed by atoms with van der Waals surface area (Å²) < 4.78 is 12.1. The van der Waals surface area contributed by atoms with Crippen molar-refractivity contribution in [1.82, 2.24) is 9.71 Å². The maximum Gasteiger partial charge on any atom is 0.245 e. The first kappa shape index (κ1) is 10.1. The Labute approximate surface area is 89.8 Å². The van der Waals surface area contributed by atoms with E-state index in [1.54, 1.807) is 18.7 Å². The topological polar surface area (TPSA) is 36.3 Å². The van der Waals surface area contributed by atoms with Crippen molar-refractivity contribution in [3.05, 3.63) is 54.6 Å². The zero-order chi connectivity index (χ0) is 10.3. The number of benzene rings is 1. The van der Waals surface area contributed by atoms with Crippen molar-refractivity contribution in [2.45, 2.75) is 6.61 Å². The van der Waals surface area contributed by atoms with Crippen LogP contribution in [0.25, 0.3) is 0 Å². The predicted octanol–water partition coefficient (Wildman–Crippen LogP) is 2.04. The van der Waals surface area contributed by atoms with Gasteiger partial charge in [0.1, 0.15) is 6.33 Å². The summed E-state index contributed by atoms with van der Waals surface area (Å²) in [5.41, 5.74) is 1.14. The van der Waals surface area contributed by atoms with Crippen molar-refractivity contribution in [2.75, 3.05) is 0 Å². The van der Waals surface area contributed by atoms with Crippen LogP contribution >= 0.6 is 9.03 Å². The van der Waals surface area contributed by atoms with Gasteiger partial charge in [0.2, 0.25) is 9.03 Å². The normalized spacial score (nSPS) is 10.9. The molecule has 0 spiro atoms. The molecule has 0 saturated carbocycles. The van der Waals surface area contributed by atoms with E-state index in [0.29, 0.717) is 6.61 Å². The fourth-order valence-electron chi connectivity index (χ4n) is 1.06. The number of hydrogen-bond acceptors (Lipinski definition) is 3. The van der Waals surface area contributed by atoms with Crippen LogP contribution < -0.4 is 4.62 Å². The van der Waals surface area contributed by atoms with Gasteiger partial charge in [-0.3, -0.25) is 0 Å². The molecule has 0 fully saturated rings. The minimum atomic E-state index is -0.0249. The Morgan fingerprint density at radius 3 is 2.87 bits per heavy atom. The summed E-state index contributed by atoms with van der Waals surface area (Å²) in [4.78, 5) is 3.85. The van der Waals surface area contributed by atoms with Gasteiger partial charge in [-0.15, -0.1) is 0 Å². The molecule has 0 aliphatic carbocycles. The molecule has 0 N–H and O–H groups in total. The second kappa shape index (κ2) is 5.49. The third-order valence-electron chi connectivity index (χ3n) is 1.76. The smallest absolute Gasteiger partial charge is 0.245 e. The molecule has 1 aromatic carbocycles. The van der Waals surface area contributed by atoms with Crippen LogP contribution in [0.15, 0.2) is 49.1 Å². The molecule has 1 atom stereocenters. The number of rotatable bonds is 5. The molecule has 0 aliphatic heterocycles. The van der Waals surface area contributed by atoms with E-state index in [4.69, 9.17) is 9.15 Å². The standard InChI is InChI=1S/C10H11N2O2P/c1-2-4-10(5-3-1)8-13-15-14-12-7-6-11-9-12/h1-7,9,15H,8H2. The van der Waals surface area contributed by atoms with Crippen LogP contribution in [0.2, 0.25) is 0 Å². The fraction of sp³-hybridized carbons (Fsp3) is 0.100. The van der Waals surface area contributed by atoms with Gasteiger partial charge >= 0.3 is 0 Å². The van der Waals surface area contributed by atoms with E-state index < -0.39 is 0 Å². The van der Waals surface area contributed by atoms with E-state index in [1.165, 1.54) is 4.73 Å². The highest BCUT2D eigenvalue weighted by Crippen LogP contribution is 2.13. The molecule has 1 heterocycles. The molecule has 5 heteroatoms. The van der Waals surface area contributed by atoms with Gasteiger partial charge in [-0.1, -0.05) is 30.3 Å². The second-order valence-electron chi connectivity index (χ2n) is 2.87. The largest absolute Gasteiger partial charge is 0.367 e. The molecular formula is C10H11N2O2P. The van der Waals surface area contributed by atoms with E-state index in [2.05, 4.69) is 4.98 Å². The zero-order valence-electron chi connectivity index (χ0n) is 8.04. The Balaban J connectivity index is 1.68. The van der Waals surface area contributed by atoms with Crippen LogP contribution in [0, 0.1) is 0 Å². The third kappa shape index (κ3) is 3.35. The third-order valence-corrected chi connectivity index (χ3v) is 2.31. The quantitative estimate of drug-likeness (QED) is 0.573. The summed E-state index contributed by atoms with van der Waals surface area (Å²) >= 11 is 0. The molecule has 2 aromatic rings. The van der Waals surface area contributed by atoms with Crippen molar-refractivity contribution in [2.24, 2.45) is 0 Å². The lowest BCUT2D eigenvalue weighted by atomic mass is 10.2. The zero-order valence-corrected chi connectivity index (χ0v) is 9.04. The Kier molecular flexibility index (Phi) is 3.71. The molecule has 0 aliphatic rings. The van der Waals surface area contributed by atoms with E-state index in [0.717, 1.165) is 5.56 Å². The van der Waals surface area contributed by atoms with Gasteiger partial charge in [0.25, 0.3) is 0 Å². The first-order chi connectivity index (χ1) is 7.45. The SMILES string of the molecule is c1ccc(COPOn2ccnc2)cc1. The van der Waals surface area contributed by atoms with Crippen molar-refractivity contribution in [3.63, 3.8) is 0 Å². The highest BCUT2D eigenvalue weighted by Gasteiger charge is 1.93. The first-order valence-electron chi connectivity index (χ1n) is 4.51. The molecule has 15 heavy (non-hydrogen) atoms. The van der Waals surface area contributed by atoms with Gasteiger partial charge in [-0.05, 0) is 5.56 Å². The maximum atomic E-state index is 5.35. The lowest BCUT2D eigenvalue weighted by Gasteiger charge is -2.05. The Hall–Kier alpha value is -1.38. The summed E-state index contributed by atoms with van der Waals surface area (Å²) in [6.07, 6.45) is 4.96. The van der Waals surface area contributed by atoms with Crippen LogP contribution in [0.3, 0.4) is 0 Å². The van der Waals surface area contributed by atoms with Crippen molar-refractivity contribution in [3.8, 4) is 0 Å². The van der Waals surface area contributed by atoms with Gasteiger partial charge < -0.3 is 9.15 Å². The molecule has 2 rings (SSSR count). The molecule has 1 aromatic heterocycles. The molecule has 0 saturated heterocycles. The summed E-state index contributed by atoms with van der Waals surface area (Å²) in [5, 5.41) is 0. The van der Waals surface area contributed by atoms with Crippen LogP contribution in [0.4, 0.5) is 0 Å². The lowest BCUT2D eigenvalue weighted by Crippen LogP contribution is -1.98. The average Bonchev–Trinajstić information content (AvgIpc) is 2.79. The Morgan fingerprint density at radius 2 is 2.13 bits per heavy atom. The van der Waals surface area contributed by atoms with Crippen LogP contribution in [-0.4, -0.2) is 9.71 Å². The van der Waals surface area contributed by atoms with Gasteiger partial charge in [-0.2, -0.15) is 4.73 Å². The summed E-state index contributed by atoms with van der Waals surface area (Å²) in [5.74, 6) is 0. The molecule has 1 unspecified atom stereocenters. The first-order valence-corrected chi connectivity index (χ1v) is 5.33. The molecular weight excluding hydrogens is 211 g/mol. The van der Waals surface area contributed by atoms with E-state index in [9.17, 15) is 0 Å². The summed E-state index contributed by atoms with van der Waals surface area (Å²) in [7, 11) is -0.0249. The molecule has 0 bridgehead atoms. The fourth-order valence-corrected chi connectivity index (χ4v) is 1.53. The van der Waals surface area contributed by atoms with Crippen LogP contribution in [-0.2, 0) is 11.1 Å². The lowest BCUT2D eigenvalue weighted by molar-refractivity contribution is 0.238. The van der Waals surface area contributed by atoms with E-state index in [1.807, 2.05) is 30.3 Å². The van der Waals surface area contributed by atoms with Gasteiger partial charge in [0.15, 0.2) is 0 Å². The van der Waals surface area contributed by atoms with Crippen molar-refractivity contribution >= 4 is 9.03 Å². The average molecular weight is 222 g/mol. The summed E-state index contributed by atoms with van der Waals surface area (Å²) in [6.45, 7) is 0.563. The number of nitrogens with zero attached hydrogens (tertiary/aromatic N) is 2. The van der Waals surface area contributed by atoms with Gasteiger partial charge in [0, 0.05) is 6.20 Å². The van der Waals surface area contributed by atoms with Crippen LogP contribution in [0.5, 0.6) is 0 Å². The van der Waals surface area contributed by atoms with Crippen molar-refractivity contribution in [1.29, 1.82) is 0 Å². The van der Waals surface area contributed by atoms with Crippen molar-refractivity contribution < 1.29 is 9.15 Å². The Bertz CT molecular complexity index is 378. The minimum absolute atomic E-state index is 0.0249. The molecule has 78 valence electrons. The second-order valence-corrected chi connectivity index (χ2v) is 3.51. The van der Waals surface area contributed by atoms with Gasteiger partial charge in [-0.25, -0.2) is 4.98 Å². The predicted molar refractivity (Wildman–Crippen MR) is 58.4 cm³/mol. The number of aromatic nitrogens is 2. The van der Waals surface area contributed by atoms with E-state index in [-0.39, 0.29) is 9.03 Å². The highest BCUT2D eigenvalue weighted by molar-refractivity contribution is 7.26. The molecule has 4 nitrogen and oxygen atoms in total. The Morgan fingerprint density at radius 1 is 1.27 bits per heavy atom. The molecule has 0 radical (unpaired) electrons. The van der Waals surface area contributed by atoms with Crippen LogP contribution in [0.1, 0.15) is 5.56 Å². The summed E-state index contributed by atoms with van der Waals surface area (Å²) in [6, 6.07) is 9.98. The monoisotopic (exact) mass is 222 g/mol. The minimum Gasteiger partial charge on any atom is -0.367 e. The highest BCUT2D eigenvalue weighted by atomic mass is 31.1. The number of imidazole rings is 1. The van der Waals surface area contributed by atoms with E-state index >= 15 is 0 Å². The maximum absolute atomic E-state index is 5.35. The molecule has 0 amide bonds. The van der Waals surface area contributed by atoms with Gasteiger partial charge in [0.05, 0.1) is 12.8 Å². The number of hydrogen-bond donors (Lipinski definition) is 0.